The summed E-state index contributed by atoms with van der Waals surface area (Å²) in [4.78, 5) is 24.0. The molecule has 0 heterocycles. The summed E-state index contributed by atoms with van der Waals surface area (Å²) in [6, 6.07) is 23.1. The molecular weight excluding hydrogens is 456 g/mol. The Morgan fingerprint density at radius 2 is 1.50 bits per heavy atom. The van der Waals surface area contributed by atoms with Crippen LogP contribution >= 0.6 is 0 Å². The van der Waals surface area contributed by atoms with Crippen LogP contribution in [-0.4, -0.2) is 40.1 Å². The van der Waals surface area contributed by atoms with Crippen molar-refractivity contribution in [1.82, 2.24) is 4.72 Å². The van der Waals surface area contributed by atoms with Crippen LogP contribution in [-0.2, 0) is 24.3 Å². The molecule has 0 saturated heterocycles. The van der Waals surface area contributed by atoms with Crippen molar-refractivity contribution >= 4 is 27.6 Å². The van der Waals surface area contributed by atoms with Gasteiger partial charge in [0.1, 0.15) is 5.75 Å². The molecule has 0 atom stereocenters. The van der Waals surface area contributed by atoms with Crippen LogP contribution in [0, 0.1) is 0 Å². The predicted octanol–water partition coefficient (Wildman–Crippen LogP) is 3.60. The van der Waals surface area contributed by atoms with Crippen LogP contribution in [0.1, 0.15) is 13.3 Å². The van der Waals surface area contributed by atoms with Crippen molar-refractivity contribution in [1.29, 1.82) is 0 Å². The number of benzene rings is 3. The van der Waals surface area contributed by atoms with E-state index in [0.29, 0.717) is 18.0 Å². The van der Waals surface area contributed by atoms with Gasteiger partial charge in [0.25, 0.3) is 5.91 Å². The minimum atomic E-state index is -3.78. The summed E-state index contributed by atoms with van der Waals surface area (Å²) in [5.41, 5.74) is 2.65. The fourth-order valence-electron chi connectivity index (χ4n) is 3.04. The monoisotopic (exact) mass is 482 g/mol. The van der Waals surface area contributed by atoms with E-state index in [1.807, 2.05) is 49.4 Å². The van der Waals surface area contributed by atoms with Gasteiger partial charge in [0, 0.05) is 12.2 Å². The summed E-state index contributed by atoms with van der Waals surface area (Å²) in [5, 5.41) is 2.65. The van der Waals surface area contributed by atoms with Crippen molar-refractivity contribution in [2.45, 2.75) is 18.2 Å². The largest absolute Gasteiger partial charge is 0.494 e. The number of hydrogen-bond acceptors (Lipinski definition) is 6. The van der Waals surface area contributed by atoms with Crippen molar-refractivity contribution in [3.8, 4) is 16.9 Å². The lowest BCUT2D eigenvalue weighted by Crippen LogP contribution is -2.28. The molecule has 0 aromatic heterocycles. The highest BCUT2D eigenvalue weighted by molar-refractivity contribution is 7.89. The van der Waals surface area contributed by atoms with Crippen LogP contribution in [0.4, 0.5) is 5.69 Å². The molecule has 1 amide bonds. The van der Waals surface area contributed by atoms with Gasteiger partial charge in [-0.25, -0.2) is 13.1 Å². The zero-order valence-corrected chi connectivity index (χ0v) is 19.5. The Bertz CT molecular complexity index is 1190. The molecule has 3 aromatic carbocycles. The fraction of sp³-hybridized carbons (Fsp3) is 0.200. The molecule has 8 nitrogen and oxygen atoms in total. The molecule has 34 heavy (non-hydrogen) atoms. The Kier molecular flexibility index (Phi) is 8.78. The molecule has 3 rings (SSSR count). The van der Waals surface area contributed by atoms with E-state index < -0.39 is 28.5 Å². The molecule has 0 radical (unpaired) electrons. The summed E-state index contributed by atoms with van der Waals surface area (Å²) < 4.78 is 37.1. The van der Waals surface area contributed by atoms with Gasteiger partial charge in [-0.05, 0) is 54.4 Å². The second-order valence-electron chi connectivity index (χ2n) is 7.20. The Morgan fingerprint density at radius 3 is 2.15 bits per heavy atom. The number of nitrogens with one attached hydrogen (secondary N) is 2. The molecule has 3 aromatic rings. The van der Waals surface area contributed by atoms with E-state index in [1.165, 1.54) is 12.1 Å². The highest BCUT2D eigenvalue weighted by atomic mass is 32.2. The van der Waals surface area contributed by atoms with E-state index in [9.17, 15) is 18.0 Å². The summed E-state index contributed by atoms with van der Waals surface area (Å²) >= 11 is 0. The van der Waals surface area contributed by atoms with Crippen LogP contribution in [0.5, 0.6) is 5.75 Å². The van der Waals surface area contributed by atoms with Crippen LogP contribution < -0.4 is 14.8 Å². The zero-order valence-electron chi connectivity index (χ0n) is 18.7. The highest BCUT2D eigenvalue weighted by Crippen LogP contribution is 2.21. The summed E-state index contributed by atoms with van der Waals surface area (Å²) in [5.74, 6) is -0.616. The zero-order chi connectivity index (χ0) is 24.4. The number of carbonyl (C=O) groups excluding carboxylic acids is 2. The molecule has 0 saturated carbocycles. The van der Waals surface area contributed by atoms with Crippen molar-refractivity contribution in [3.63, 3.8) is 0 Å². The third-order valence-electron chi connectivity index (χ3n) is 4.71. The average molecular weight is 483 g/mol. The molecule has 2 N–H and O–H groups in total. The quantitative estimate of drug-likeness (QED) is 0.404. The number of amides is 1. The van der Waals surface area contributed by atoms with Crippen LogP contribution in [0.2, 0.25) is 0 Å². The first-order chi connectivity index (χ1) is 16.4. The van der Waals surface area contributed by atoms with Crippen molar-refractivity contribution < 1.29 is 27.5 Å². The molecule has 0 spiro atoms. The second-order valence-corrected chi connectivity index (χ2v) is 8.97. The lowest BCUT2D eigenvalue weighted by atomic mass is 10.1. The number of ether oxygens (including phenoxy) is 2. The van der Waals surface area contributed by atoms with Gasteiger partial charge in [0.15, 0.2) is 6.61 Å². The van der Waals surface area contributed by atoms with Gasteiger partial charge in [-0.3, -0.25) is 9.59 Å². The number of sulfonamides is 1. The number of carbonyl (C=O) groups is 2. The molecule has 9 heteroatoms. The maximum Gasteiger partial charge on any atom is 0.307 e. The smallest absolute Gasteiger partial charge is 0.307 e. The molecular formula is C25H26N2O6S. The van der Waals surface area contributed by atoms with E-state index >= 15 is 0 Å². The summed E-state index contributed by atoms with van der Waals surface area (Å²) in [6.45, 7) is 1.69. The number of hydrogen-bond donors (Lipinski definition) is 2. The van der Waals surface area contributed by atoms with Gasteiger partial charge in [-0.15, -0.1) is 0 Å². The Morgan fingerprint density at radius 1 is 0.853 bits per heavy atom. The van der Waals surface area contributed by atoms with Crippen LogP contribution in [0.3, 0.4) is 0 Å². The fourth-order valence-corrected chi connectivity index (χ4v) is 4.08. The number of anilines is 1. The van der Waals surface area contributed by atoms with Gasteiger partial charge in [-0.1, -0.05) is 42.5 Å². The maximum atomic E-state index is 12.3. The number of rotatable bonds is 11. The minimum Gasteiger partial charge on any atom is -0.494 e. The first-order valence-electron chi connectivity index (χ1n) is 10.7. The van der Waals surface area contributed by atoms with Crippen LogP contribution in [0.25, 0.3) is 11.1 Å². The second kappa shape index (κ2) is 12.0. The SMILES string of the molecule is CCOc1ccc(S(=O)(=O)NCCC(=O)OCC(=O)Nc2ccc(-c3ccccc3)cc2)cc1. The summed E-state index contributed by atoms with van der Waals surface area (Å²) in [6.07, 6.45) is -0.213. The lowest BCUT2D eigenvalue weighted by molar-refractivity contribution is -0.147. The predicted molar refractivity (Wildman–Crippen MR) is 129 cm³/mol. The van der Waals surface area contributed by atoms with E-state index in [1.54, 1.807) is 24.3 Å². The van der Waals surface area contributed by atoms with Gasteiger partial charge in [0.2, 0.25) is 10.0 Å². The normalized spacial score (nSPS) is 11.0. The number of esters is 1. The van der Waals surface area contributed by atoms with Gasteiger partial charge >= 0.3 is 5.97 Å². The van der Waals surface area contributed by atoms with E-state index in [-0.39, 0.29) is 17.9 Å². The van der Waals surface area contributed by atoms with Crippen molar-refractivity contribution in [2.24, 2.45) is 0 Å². The Labute approximate surface area is 199 Å². The molecule has 0 bridgehead atoms. The maximum absolute atomic E-state index is 12.3. The Balaban J connectivity index is 1.39. The third-order valence-corrected chi connectivity index (χ3v) is 6.18. The van der Waals surface area contributed by atoms with Crippen molar-refractivity contribution in [3.05, 3.63) is 78.9 Å². The van der Waals surface area contributed by atoms with E-state index in [4.69, 9.17) is 9.47 Å². The third kappa shape index (κ3) is 7.43. The summed E-state index contributed by atoms with van der Waals surface area (Å²) in [7, 11) is -3.78. The first kappa shape index (κ1) is 24.9. The standard InChI is InChI=1S/C25H26N2O6S/c1-2-32-22-12-14-23(15-13-22)34(30,31)26-17-16-25(29)33-18-24(28)27-21-10-8-20(9-11-21)19-6-4-3-5-7-19/h3-15,26H,2,16-18H2,1H3,(H,27,28). The molecule has 0 unspecified atom stereocenters. The molecule has 0 aliphatic heterocycles. The van der Waals surface area contributed by atoms with E-state index in [0.717, 1.165) is 11.1 Å². The van der Waals surface area contributed by atoms with Gasteiger partial charge in [-0.2, -0.15) is 0 Å². The van der Waals surface area contributed by atoms with Gasteiger partial charge in [0.05, 0.1) is 17.9 Å². The Hall–Kier alpha value is -3.69. The van der Waals surface area contributed by atoms with Crippen molar-refractivity contribution in [2.75, 3.05) is 25.1 Å². The van der Waals surface area contributed by atoms with E-state index in [2.05, 4.69) is 10.0 Å². The van der Waals surface area contributed by atoms with Crippen LogP contribution in [0.15, 0.2) is 83.8 Å². The molecule has 178 valence electrons. The topological polar surface area (TPSA) is 111 Å². The molecule has 0 aliphatic rings. The first-order valence-corrected chi connectivity index (χ1v) is 12.2. The van der Waals surface area contributed by atoms with Gasteiger partial charge < -0.3 is 14.8 Å². The minimum absolute atomic E-state index is 0.0574. The lowest BCUT2D eigenvalue weighted by Gasteiger charge is -2.09. The molecule has 0 aliphatic carbocycles. The highest BCUT2D eigenvalue weighted by Gasteiger charge is 2.15. The average Bonchev–Trinajstić information content (AvgIpc) is 2.84. The molecule has 0 fully saturated rings.